The van der Waals surface area contributed by atoms with Gasteiger partial charge in [-0.1, -0.05) is 35.4 Å². The van der Waals surface area contributed by atoms with Crippen LogP contribution in [0.25, 0.3) is 0 Å². The van der Waals surface area contributed by atoms with Crippen LogP contribution in [0.3, 0.4) is 0 Å². The number of nitrogens with one attached hydrogen (secondary N) is 1. The SMILES string of the molecule is Cc1ccc(NC(=O)CC2C(=O)N(C)C(=S)N2Cc2/c(=N/S(=O)(=O)c3ccc(C)cc3)o[n-][n+]2C)cc1. The van der Waals surface area contributed by atoms with Gasteiger partial charge in [-0.2, -0.15) is 8.42 Å². The van der Waals surface area contributed by atoms with E-state index in [0.717, 1.165) is 11.1 Å². The molecule has 1 aliphatic rings. The third kappa shape index (κ3) is 5.62. The van der Waals surface area contributed by atoms with Gasteiger partial charge in [0.25, 0.3) is 27.2 Å². The molecule has 1 atom stereocenters. The summed E-state index contributed by atoms with van der Waals surface area (Å²) in [4.78, 5) is 28.5. The molecule has 0 bridgehead atoms. The zero-order valence-corrected chi connectivity index (χ0v) is 22.3. The first-order valence-corrected chi connectivity index (χ1v) is 13.2. The van der Waals surface area contributed by atoms with Gasteiger partial charge in [-0.15, -0.1) is 4.40 Å². The Morgan fingerprint density at radius 1 is 1.14 bits per heavy atom. The smallest absolute Gasteiger partial charge is 0.289 e. The van der Waals surface area contributed by atoms with Crippen molar-refractivity contribution in [1.82, 2.24) is 15.1 Å². The van der Waals surface area contributed by atoms with Crippen LogP contribution in [-0.2, 0) is 33.2 Å². The molecule has 194 valence electrons. The van der Waals surface area contributed by atoms with E-state index in [9.17, 15) is 18.0 Å². The Labute approximate surface area is 219 Å². The summed E-state index contributed by atoms with van der Waals surface area (Å²) in [5.74, 6) is -0.721. The predicted octanol–water partition coefficient (Wildman–Crippen LogP) is 0.924. The van der Waals surface area contributed by atoms with E-state index in [4.69, 9.17) is 16.7 Å². The highest BCUT2D eigenvalue weighted by atomic mass is 32.2. The summed E-state index contributed by atoms with van der Waals surface area (Å²) in [5.41, 5.74) is 2.59. The maximum absolute atomic E-state index is 12.9. The number of hydrogen-bond donors (Lipinski definition) is 1. The van der Waals surface area contributed by atoms with Gasteiger partial charge < -0.3 is 14.7 Å². The van der Waals surface area contributed by atoms with E-state index in [1.54, 1.807) is 31.3 Å². The molecule has 13 heteroatoms. The average molecular weight is 543 g/mol. The number of carbonyl (C=O) groups excluding carboxylic acids is 2. The fraction of sp³-hybridized carbons (Fsp3) is 0.292. The van der Waals surface area contributed by atoms with Crippen LogP contribution >= 0.6 is 12.2 Å². The van der Waals surface area contributed by atoms with Crippen molar-refractivity contribution in [3.8, 4) is 0 Å². The summed E-state index contributed by atoms with van der Waals surface area (Å²) in [6, 6.07) is 12.6. The Kier molecular flexibility index (Phi) is 7.28. The molecule has 0 aliphatic carbocycles. The average Bonchev–Trinajstić information content (AvgIpc) is 3.28. The van der Waals surface area contributed by atoms with E-state index in [0.29, 0.717) is 5.69 Å². The zero-order valence-electron chi connectivity index (χ0n) is 20.7. The van der Waals surface area contributed by atoms with Gasteiger partial charge in [0.2, 0.25) is 5.91 Å². The highest BCUT2D eigenvalue weighted by molar-refractivity contribution is 7.90. The van der Waals surface area contributed by atoms with Gasteiger partial charge in [-0.05, 0) is 50.3 Å². The first-order chi connectivity index (χ1) is 17.5. The van der Waals surface area contributed by atoms with E-state index >= 15 is 0 Å². The number of amides is 2. The van der Waals surface area contributed by atoms with Crippen LogP contribution in [0.2, 0.25) is 0 Å². The Balaban J connectivity index is 1.61. The van der Waals surface area contributed by atoms with E-state index in [-0.39, 0.29) is 46.0 Å². The molecule has 2 amide bonds. The molecule has 37 heavy (non-hydrogen) atoms. The Morgan fingerprint density at radius 2 is 1.73 bits per heavy atom. The number of benzene rings is 2. The summed E-state index contributed by atoms with van der Waals surface area (Å²) in [6.45, 7) is 3.73. The Hall–Kier alpha value is -3.84. The van der Waals surface area contributed by atoms with Crippen molar-refractivity contribution in [2.45, 2.75) is 37.8 Å². The molecule has 0 radical (unpaired) electrons. The van der Waals surface area contributed by atoms with Crippen LogP contribution in [0.15, 0.2) is 62.3 Å². The summed E-state index contributed by atoms with van der Waals surface area (Å²) in [6.07, 6.45) is -0.166. The third-order valence-corrected chi connectivity index (χ3v) is 7.75. The van der Waals surface area contributed by atoms with Crippen molar-refractivity contribution in [1.29, 1.82) is 0 Å². The van der Waals surface area contributed by atoms with Crippen LogP contribution in [-0.4, -0.2) is 48.2 Å². The van der Waals surface area contributed by atoms with Crippen LogP contribution in [0, 0.1) is 13.8 Å². The zero-order chi connectivity index (χ0) is 26.9. The summed E-state index contributed by atoms with van der Waals surface area (Å²) < 4.78 is 36.1. The maximum atomic E-state index is 12.9. The van der Waals surface area contributed by atoms with Gasteiger partial charge in [0.15, 0.2) is 5.11 Å². The number of anilines is 1. The molecular weight excluding hydrogens is 516 g/mol. The first kappa shape index (κ1) is 26.2. The second kappa shape index (κ2) is 10.3. The van der Waals surface area contributed by atoms with E-state index in [1.807, 2.05) is 26.0 Å². The number of likely N-dealkylation sites (N-methyl/N-ethyl adjacent to an activating group) is 1. The molecule has 3 aromatic rings. The topological polar surface area (TPSA) is 130 Å². The second-order valence-corrected chi connectivity index (χ2v) is 10.7. The van der Waals surface area contributed by atoms with Crippen molar-refractivity contribution in [2.24, 2.45) is 11.4 Å². The summed E-state index contributed by atoms with van der Waals surface area (Å²) in [7, 11) is -1.01. The summed E-state index contributed by atoms with van der Waals surface area (Å²) in [5, 5.41) is 6.77. The molecule has 1 aliphatic heterocycles. The lowest BCUT2D eigenvalue weighted by molar-refractivity contribution is -0.752. The minimum absolute atomic E-state index is 0.000334. The molecule has 1 N–H and O–H groups in total. The molecule has 2 aromatic carbocycles. The number of carbonyl (C=O) groups is 2. The van der Waals surface area contributed by atoms with Crippen molar-refractivity contribution in [3.63, 3.8) is 0 Å². The molecule has 11 nitrogen and oxygen atoms in total. The van der Waals surface area contributed by atoms with E-state index in [2.05, 4.69) is 15.0 Å². The number of hydrogen-bond acceptors (Lipinski definition) is 6. The normalized spacial score (nSPS) is 16.5. The molecule has 0 saturated carbocycles. The Bertz CT molecular complexity index is 1520. The van der Waals surface area contributed by atoms with Crippen LogP contribution < -0.4 is 20.8 Å². The Morgan fingerprint density at radius 3 is 2.35 bits per heavy atom. The number of rotatable bonds is 7. The number of thiocarbonyl (C=S) groups is 1. The van der Waals surface area contributed by atoms with Crippen molar-refractivity contribution in [3.05, 3.63) is 70.9 Å². The fourth-order valence-corrected chi connectivity index (χ4v) is 5.01. The quantitative estimate of drug-likeness (QED) is 0.345. The highest BCUT2D eigenvalue weighted by Crippen LogP contribution is 2.22. The van der Waals surface area contributed by atoms with Crippen molar-refractivity contribution >= 4 is 44.9 Å². The molecule has 1 fully saturated rings. The number of sulfonamides is 1. The molecular formula is C24H26N6O5S2. The fourth-order valence-electron chi connectivity index (χ4n) is 3.79. The number of aryl methyl sites for hydroxylation is 3. The van der Waals surface area contributed by atoms with Gasteiger partial charge in [0.05, 0.1) is 11.3 Å². The van der Waals surface area contributed by atoms with Gasteiger partial charge in [-0.3, -0.25) is 19.8 Å². The van der Waals surface area contributed by atoms with Gasteiger partial charge in [0, 0.05) is 12.7 Å². The van der Waals surface area contributed by atoms with Gasteiger partial charge in [0.1, 0.15) is 19.6 Å². The monoisotopic (exact) mass is 542 g/mol. The third-order valence-electron chi connectivity index (χ3n) is 5.97. The van der Waals surface area contributed by atoms with E-state index in [1.165, 1.54) is 33.7 Å². The standard InChI is InChI=1S/C24H26N6O5S2/c1-15-5-9-17(10-6-15)25-21(31)13-19-23(32)28(3)24(36)30(19)14-20-22(35-27-29(20)4)26-37(33,34)18-11-7-16(2)8-12-18/h5-12,19H,13-14H2,1-4H3,(H,25,31)/b26-22-. The molecule has 1 aromatic heterocycles. The maximum Gasteiger partial charge on any atom is 0.289 e. The van der Waals surface area contributed by atoms with Crippen LogP contribution in [0.4, 0.5) is 5.69 Å². The number of aromatic nitrogens is 2. The van der Waals surface area contributed by atoms with Crippen LogP contribution in [0.1, 0.15) is 23.2 Å². The minimum Gasteiger partial charge on any atom is -0.486 e. The van der Waals surface area contributed by atoms with Crippen molar-refractivity contribution < 1.29 is 27.2 Å². The molecule has 0 spiro atoms. The number of nitrogens with zero attached hydrogens (tertiary/aromatic N) is 5. The second-order valence-electron chi connectivity index (χ2n) is 8.77. The largest absolute Gasteiger partial charge is 0.486 e. The molecule has 1 saturated heterocycles. The molecule has 1 unspecified atom stereocenters. The first-order valence-electron chi connectivity index (χ1n) is 11.3. The lowest BCUT2D eigenvalue weighted by atomic mass is 10.1. The summed E-state index contributed by atoms with van der Waals surface area (Å²) >= 11 is 5.46. The van der Waals surface area contributed by atoms with Crippen molar-refractivity contribution in [2.75, 3.05) is 12.4 Å². The molecule has 4 rings (SSSR count). The van der Waals surface area contributed by atoms with Gasteiger partial charge in [-0.25, -0.2) is 4.68 Å². The van der Waals surface area contributed by atoms with Gasteiger partial charge >= 0.3 is 0 Å². The molecule has 2 heterocycles. The minimum atomic E-state index is -4.09. The lowest BCUT2D eigenvalue weighted by Crippen LogP contribution is -2.45. The van der Waals surface area contributed by atoms with Crippen LogP contribution in [0.5, 0.6) is 0 Å². The predicted molar refractivity (Wildman–Crippen MR) is 136 cm³/mol. The van der Waals surface area contributed by atoms with E-state index < -0.39 is 16.1 Å². The highest BCUT2D eigenvalue weighted by Gasteiger charge is 2.43. The lowest BCUT2D eigenvalue weighted by Gasteiger charge is -2.21.